The standard InChI is InChI=1S/C17H26N2O3/c1-13(5-4-10-20)18-15-7-2-6-14(11-15)17(22)19-9-3-8-16(21)12-19/h2,6-7,11,13,16,18,20-21H,3-5,8-10,12H2,1H3. The number of aliphatic hydroxyl groups excluding tert-OH is 2. The molecule has 2 rings (SSSR count). The Morgan fingerprint density at radius 2 is 2.32 bits per heavy atom. The van der Waals surface area contributed by atoms with Gasteiger partial charge in [-0.15, -0.1) is 0 Å². The van der Waals surface area contributed by atoms with Crippen LogP contribution in [0, 0.1) is 0 Å². The number of amides is 1. The van der Waals surface area contributed by atoms with Crippen LogP contribution in [0.2, 0.25) is 0 Å². The third kappa shape index (κ3) is 4.71. The van der Waals surface area contributed by atoms with Crippen molar-refractivity contribution < 1.29 is 15.0 Å². The number of nitrogens with zero attached hydrogens (tertiary/aromatic N) is 1. The lowest BCUT2D eigenvalue weighted by atomic mass is 10.1. The van der Waals surface area contributed by atoms with Crippen LogP contribution in [-0.2, 0) is 0 Å². The zero-order valence-corrected chi connectivity index (χ0v) is 13.2. The number of aliphatic hydroxyl groups is 2. The third-order valence-electron chi connectivity index (χ3n) is 4.00. The van der Waals surface area contributed by atoms with Crippen molar-refractivity contribution >= 4 is 11.6 Å². The topological polar surface area (TPSA) is 72.8 Å². The second kappa shape index (κ2) is 8.15. The van der Waals surface area contributed by atoms with Gasteiger partial charge < -0.3 is 20.4 Å². The molecular weight excluding hydrogens is 280 g/mol. The Labute approximate surface area is 131 Å². The molecule has 1 amide bonds. The van der Waals surface area contributed by atoms with Crippen molar-refractivity contribution in [1.29, 1.82) is 0 Å². The zero-order valence-electron chi connectivity index (χ0n) is 13.2. The Balaban J connectivity index is 1.99. The second-order valence-electron chi connectivity index (χ2n) is 6.04. The van der Waals surface area contributed by atoms with Gasteiger partial charge in [0.25, 0.3) is 5.91 Å². The summed E-state index contributed by atoms with van der Waals surface area (Å²) < 4.78 is 0. The minimum atomic E-state index is -0.405. The number of hydrogen-bond donors (Lipinski definition) is 3. The Morgan fingerprint density at radius 1 is 1.50 bits per heavy atom. The van der Waals surface area contributed by atoms with Gasteiger partial charge in [-0.05, 0) is 50.8 Å². The van der Waals surface area contributed by atoms with Crippen LogP contribution in [0.15, 0.2) is 24.3 Å². The third-order valence-corrected chi connectivity index (χ3v) is 4.00. The van der Waals surface area contributed by atoms with Gasteiger partial charge in [-0.2, -0.15) is 0 Å². The molecule has 5 heteroatoms. The van der Waals surface area contributed by atoms with Gasteiger partial charge in [0.15, 0.2) is 0 Å². The van der Waals surface area contributed by atoms with Crippen molar-refractivity contribution in [1.82, 2.24) is 4.90 Å². The Kier molecular flexibility index (Phi) is 6.21. The maximum atomic E-state index is 12.5. The summed E-state index contributed by atoms with van der Waals surface area (Å²) in [7, 11) is 0. The summed E-state index contributed by atoms with van der Waals surface area (Å²) in [5.74, 6) is -0.0228. The lowest BCUT2D eigenvalue weighted by Gasteiger charge is -2.30. The Bertz CT molecular complexity index is 493. The largest absolute Gasteiger partial charge is 0.396 e. The van der Waals surface area contributed by atoms with Gasteiger partial charge in [-0.1, -0.05) is 6.07 Å². The molecule has 0 aliphatic carbocycles. The van der Waals surface area contributed by atoms with Crippen molar-refractivity contribution in [3.63, 3.8) is 0 Å². The zero-order chi connectivity index (χ0) is 15.9. The van der Waals surface area contributed by atoms with E-state index in [1.807, 2.05) is 24.3 Å². The predicted octanol–water partition coefficient (Wildman–Crippen LogP) is 1.86. The molecule has 1 fully saturated rings. The maximum Gasteiger partial charge on any atom is 0.254 e. The molecule has 5 nitrogen and oxygen atoms in total. The van der Waals surface area contributed by atoms with E-state index in [9.17, 15) is 9.90 Å². The Morgan fingerprint density at radius 3 is 3.05 bits per heavy atom. The summed E-state index contributed by atoms with van der Waals surface area (Å²) >= 11 is 0. The van der Waals surface area contributed by atoms with Crippen molar-refractivity contribution in [2.45, 2.75) is 44.8 Å². The van der Waals surface area contributed by atoms with Crippen LogP contribution in [0.1, 0.15) is 43.0 Å². The monoisotopic (exact) mass is 306 g/mol. The number of benzene rings is 1. The number of nitrogens with one attached hydrogen (secondary N) is 1. The lowest BCUT2D eigenvalue weighted by Crippen LogP contribution is -2.42. The number of hydrogen-bond acceptors (Lipinski definition) is 4. The fourth-order valence-electron chi connectivity index (χ4n) is 2.82. The van der Waals surface area contributed by atoms with Crippen LogP contribution in [0.25, 0.3) is 0 Å². The number of rotatable bonds is 6. The molecule has 0 bridgehead atoms. The Hall–Kier alpha value is -1.59. The van der Waals surface area contributed by atoms with Gasteiger partial charge >= 0.3 is 0 Å². The fraction of sp³-hybridized carbons (Fsp3) is 0.588. The van der Waals surface area contributed by atoms with E-state index in [-0.39, 0.29) is 18.6 Å². The van der Waals surface area contributed by atoms with Crippen LogP contribution in [-0.4, -0.2) is 52.9 Å². The first kappa shape index (κ1) is 16.8. The van der Waals surface area contributed by atoms with E-state index in [1.165, 1.54) is 0 Å². The van der Waals surface area contributed by atoms with E-state index in [4.69, 9.17) is 5.11 Å². The van der Waals surface area contributed by atoms with Gasteiger partial charge in [0.1, 0.15) is 0 Å². The number of piperidine rings is 1. The van der Waals surface area contributed by atoms with E-state index >= 15 is 0 Å². The van der Waals surface area contributed by atoms with E-state index in [0.717, 1.165) is 31.4 Å². The maximum absolute atomic E-state index is 12.5. The van der Waals surface area contributed by atoms with Gasteiger partial charge in [-0.25, -0.2) is 0 Å². The molecule has 122 valence electrons. The first-order valence-corrected chi connectivity index (χ1v) is 8.05. The molecule has 0 saturated carbocycles. The summed E-state index contributed by atoms with van der Waals surface area (Å²) in [6.07, 6.45) is 2.86. The quantitative estimate of drug-likeness (QED) is 0.750. The molecule has 2 atom stereocenters. The highest BCUT2D eigenvalue weighted by Crippen LogP contribution is 2.17. The van der Waals surface area contributed by atoms with Crippen LogP contribution < -0.4 is 5.32 Å². The highest BCUT2D eigenvalue weighted by atomic mass is 16.3. The smallest absolute Gasteiger partial charge is 0.254 e. The van der Waals surface area contributed by atoms with Crippen LogP contribution in [0.5, 0.6) is 0 Å². The van der Waals surface area contributed by atoms with E-state index in [1.54, 1.807) is 4.90 Å². The summed E-state index contributed by atoms with van der Waals surface area (Å²) in [4.78, 5) is 14.2. The predicted molar refractivity (Wildman–Crippen MR) is 87.0 cm³/mol. The minimum absolute atomic E-state index is 0.0228. The van der Waals surface area contributed by atoms with E-state index in [2.05, 4.69) is 12.2 Å². The van der Waals surface area contributed by atoms with Crippen molar-refractivity contribution in [2.75, 3.05) is 25.0 Å². The van der Waals surface area contributed by atoms with Gasteiger partial charge in [0, 0.05) is 37.0 Å². The number of carbonyl (C=O) groups excluding carboxylic acids is 1. The molecule has 1 saturated heterocycles. The SMILES string of the molecule is CC(CCCO)Nc1cccc(C(=O)N2CCCC(O)C2)c1. The molecule has 1 aliphatic rings. The molecule has 1 heterocycles. The molecule has 1 aromatic rings. The van der Waals surface area contributed by atoms with Crippen LogP contribution in [0.3, 0.4) is 0 Å². The number of carbonyl (C=O) groups is 1. The van der Waals surface area contributed by atoms with Crippen molar-refractivity contribution in [3.05, 3.63) is 29.8 Å². The minimum Gasteiger partial charge on any atom is -0.396 e. The molecule has 0 spiro atoms. The van der Waals surface area contributed by atoms with Gasteiger partial charge in [0.2, 0.25) is 0 Å². The molecule has 22 heavy (non-hydrogen) atoms. The van der Waals surface area contributed by atoms with Crippen molar-refractivity contribution in [2.24, 2.45) is 0 Å². The average Bonchev–Trinajstić information content (AvgIpc) is 2.52. The fourth-order valence-corrected chi connectivity index (χ4v) is 2.82. The lowest BCUT2D eigenvalue weighted by molar-refractivity contribution is 0.0474. The molecule has 2 unspecified atom stereocenters. The first-order valence-electron chi connectivity index (χ1n) is 8.05. The first-order chi connectivity index (χ1) is 10.6. The number of anilines is 1. The molecule has 3 N–H and O–H groups in total. The van der Waals surface area contributed by atoms with Crippen LogP contribution in [0.4, 0.5) is 5.69 Å². The summed E-state index contributed by atoms with van der Waals surface area (Å²) in [5, 5.41) is 21.9. The number of β-amino-alcohol motifs (C(OH)–C–C–N with tert-alkyl or cyclic N) is 1. The second-order valence-corrected chi connectivity index (χ2v) is 6.04. The molecule has 1 aliphatic heterocycles. The van der Waals surface area contributed by atoms with Gasteiger partial charge in [-0.3, -0.25) is 4.79 Å². The summed E-state index contributed by atoms with van der Waals surface area (Å²) in [5.41, 5.74) is 1.56. The molecule has 1 aromatic carbocycles. The highest BCUT2D eigenvalue weighted by molar-refractivity contribution is 5.95. The van der Waals surface area contributed by atoms with Gasteiger partial charge in [0.05, 0.1) is 6.10 Å². The van der Waals surface area contributed by atoms with E-state index < -0.39 is 6.10 Å². The summed E-state index contributed by atoms with van der Waals surface area (Å²) in [6, 6.07) is 7.73. The summed E-state index contributed by atoms with van der Waals surface area (Å²) in [6.45, 7) is 3.39. The molecular formula is C17H26N2O3. The average molecular weight is 306 g/mol. The molecule has 0 radical (unpaired) electrons. The number of likely N-dealkylation sites (tertiary alicyclic amines) is 1. The normalized spacial score (nSPS) is 19.8. The van der Waals surface area contributed by atoms with Crippen molar-refractivity contribution in [3.8, 4) is 0 Å². The highest BCUT2D eigenvalue weighted by Gasteiger charge is 2.23. The van der Waals surface area contributed by atoms with Crippen LogP contribution >= 0.6 is 0 Å². The molecule has 0 aromatic heterocycles. The van der Waals surface area contributed by atoms with E-state index in [0.29, 0.717) is 18.7 Å².